The molecular formula is C12H14N2O2S. The minimum Gasteiger partial charge on any atom is -0.395 e. The van der Waals surface area contributed by atoms with Crippen molar-refractivity contribution in [2.75, 3.05) is 23.9 Å². The van der Waals surface area contributed by atoms with Crippen molar-refractivity contribution in [3.8, 4) is 11.8 Å². The molecule has 0 radical (unpaired) electrons. The molecule has 1 amide bonds. The van der Waals surface area contributed by atoms with Crippen LogP contribution in [0, 0.1) is 11.8 Å². The minimum atomic E-state index is -0.0783. The number of hydrogen-bond acceptors (Lipinski definition) is 4. The van der Waals surface area contributed by atoms with E-state index in [1.807, 2.05) is 6.26 Å². The summed E-state index contributed by atoms with van der Waals surface area (Å²) in [6.07, 6.45) is 2.29. The van der Waals surface area contributed by atoms with E-state index >= 15 is 0 Å². The van der Waals surface area contributed by atoms with E-state index in [1.165, 1.54) is 11.8 Å². The average Bonchev–Trinajstić information content (AvgIpc) is 2.30. The van der Waals surface area contributed by atoms with Crippen LogP contribution in [0.5, 0.6) is 0 Å². The van der Waals surface area contributed by atoms with Crippen LogP contribution in [0.15, 0.2) is 18.2 Å². The molecule has 0 spiro atoms. The summed E-state index contributed by atoms with van der Waals surface area (Å²) in [5.41, 5.74) is 0.584. The van der Waals surface area contributed by atoms with Crippen molar-refractivity contribution in [2.45, 2.75) is 6.42 Å². The van der Waals surface area contributed by atoms with Gasteiger partial charge in [-0.15, -0.1) is 0 Å². The molecule has 0 fully saturated rings. The lowest BCUT2D eigenvalue weighted by Gasteiger charge is -2.02. The van der Waals surface area contributed by atoms with Crippen LogP contribution in [0.2, 0.25) is 0 Å². The highest BCUT2D eigenvalue weighted by Gasteiger charge is 2.01. The van der Waals surface area contributed by atoms with Crippen LogP contribution < -0.4 is 5.32 Å². The summed E-state index contributed by atoms with van der Waals surface area (Å²) >= 11 is 1.45. The molecule has 1 rings (SSSR count). The van der Waals surface area contributed by atoms with Crippen LogP contribution in [-0.2, 0) is 4.79 Å². The number of carbonyl (C=O) groups excluding carboxylic acids is 1. The number of carbonyl (C=O) groups is 1. The van der Waals surface area contributed by atoms with Crippen molar-refractivity contribution in [1.82, 2.24) is 4.98 Å². The molecule has 90 valence electrons. The van der Waals surface area contributed by atoms with Gasteiger partial charge in [0.2, 0.25) is 5.91 Å². The van der Waals surface area contributed by atoms with Crippen LogP contribution in [-0.4, -0.2) is 34.6 Å². The summed E-state index contributed by atoms with van der Waals surface area (Å²) in [7, 11) is 0. The summed E-state index contributed by atoms with van der Waals surface area (Å²) in [5.74, 6) is 6.42. The van der Waals surface area contributed by atoms with Crippen molar-refractivity contribution in [2.24, 2.45) is 0 Å². The number of hydrogen-bond donors (Lipinski definition) is 2. The summed E-state index contributed by atoms with van der Waals surface area (Å²) in [6.45, 7) is 0.0388. The summed E-state index contributed by atoms with van der Waals surface area (Å²) in [5, 5.41) is 11.3. The fourth-order valence-corrected chi connectivity index (χ4v) is 1.43. The Bertz CT molecular complexity index is 438. The molecule has 1 aromatic rings. The molecular weight excluding hydrogens is 236 g/mol. The maximum atomic E-state index is 11.3. The third-order valence-corrected chi connectivity index (χ3v) is 2.30. The van der Waals surface area contributed by atoms with Gasteiger partial charge < -0.3 is 10.4 Å². The maximum absolute atomic E-state index is 11.3. The van der Waals surface area contributed by atoms with Gasteiger partial charge >= 0.3 is 0 Å². The second-order valence-corrected chi connectivity index (χ2v) is 4.03. The molecule has 1 heterocycles. The molecule has 4 nitrogen and oxygen atoms in total. The molecule has 0 aliphatic heterocycles. The van der Waals surface area contributed by atoms with E-state index in [0.717, 1.165) is 0 Å². The van der Waals surface area contributed by atoms with Crippen LogP contribution >= 0.6 is 11.8 Å². The number of anilines is 1. The Morgan fingerprint density at radius 3 is 3.12 bits per heavy atom. The normalized spacial score (nSPS) is 9.29. The third kappa shape index (κ3) is 5.38. The van der Waals surface area contributed by atoms with Crippen LogP contribution in [0.3, 0.4) is 0 Å². The molecule has 0 aliphatic carbocycles. The van der Waals surface area contributed by atoms with Gasteiger partial charge in [0.15, 0.2) is 0 Å². The number of nitrogens with zero attached hydrogens (tertiary/aromatic N) is 1. The van der Waals surface area contributed by atoms with Gasteiger partial charge in [0, 0.05) is 6.42 Å². The maximum Gasteiger partial charge on any atom is 0.235 e. The Morgan fingerprint density at radius 1 is 1.59 bits per heavy atom. The first-order chi connectivity index (χ1) is 8.26. The lowest BCUT2D eigenvalue weighted by Crippen LogP contribution is -2.14. The first kappa shape index (κ1) is 13.6. The van der Waals surface area contributed by atoms with Crippen molar-refractivity contribution < 1.29 is 9.90 Å². The predicted molar refractivity (Wildman–Crippen MR) is 69.8 cm³/mol. The van der Waals surface area contributed by atoms with Crippen LogP contribution in [0.1, 0.15) is 12.1 Å². The molecule has 0 saturated carbocycles. The highest BCUT2D eigenvalue weighted by Crippen LogP contribution is 2.05. The molecule has 0 aliphatic rings. The van der Waals surface area contributed by atoms with Crippen molar-refractivity contribution in [1.29, 1.82) is 0 Å². The second-order valence-electron chi connectivity index (χ2n) is 3.16. The number of aliphatic hydroxyl groups excluding tert-OH is 1. The first-order valence-corrected chi connectivity index (χ1v) is 6.51. The second kappa shape index (κ2) is 7.71. The van der Waals surface area contributed by atoms with E-state index in [0.29, 0.717) is 23.7 Å². The van der Waals surface area contributed by atoms with Gasteiger partial charge in [-0.2, -0.15) is 11.8 Å². The number of aliphatic hydroxyl groups is 1. The molecule has 0 unspecified atom stereocenters. The van der Waals surface area contributed by atoms with Gasteiger partial charge in [-0.05, 0) is 24.3 Å². The lowest BCUT2D eigenvalue weighted by atomic mass is 10.3. The van der Waals surface area contributed by atoms with Crippen molar-refractivity contribution in [3.63, 3.8) is 0 Å². The molecule has 2 N–H and O–H groups in total. The quantitative estimate of drug-likeness (QED) is 0.786. The number of rotatable bonds is 4. The van der Waals surface area contributed by atoms with E-state index in [2.05, 4.69) is 22.1 Å². The summed E-state index contributed by atoms with van der Waals surface area (Å²) in [6, 6.07) is 5.26. The SMILES string of the molecule is CSCC(=O)Nc1cccc(C#CCCO)n1. The van der Waals surface area contributed by atoms with E-state index in [-0.39, 0.29) is 12.5 Å². The Hall–Kier alpha value is -1.51. The predicted octanol–water partition coefficient (Wildman–Crippen LogP) is 1.12. The zero-order chi connectivity index (χ0) is 12.5. The fraction of sp³-hybridized carbons (Fsp3) is 0.333. The zero-order valence-electron chi connectivity index (χ0n) is 9.56. The Balaban J connectivity index is 2.66. The molecule has 17 heavy (non-hydrogen) atoms. The number of amides is 1. The highest BCUT2D eigenvalue weighted by molar-refractivity contribution is 7.99. The van der Waals surface area contributed by atoms with Gasteiger partial charge in [0.1, 0.15) is 11.5 Å². The van der Waals surface area contributed by atoms with Crippen molar-refractivity contribution >= 4 is 23.5 Å². The molecule has 1 aromatic heterocycles. The molecule has 0 saturated heterocycles. The van der Waals surface area contributed by atoms with E-state index in [9.17, 15) is 4.79 Å². The third-order valence-electron chi connectivity index (χ3n) is 1.75. The highest BCUT2D eigenvalue weighted by atomic mass is 32.2. The smallest absolute Gasteiger partial charge is 0.235 e. The standard InChI is InChI=1S/C12H14N2O2S/c1-17-9-12(16)14-11-7-4-6-10(13-11)5-2-3-8-15/h4,6-7,15H,3,8-9H2,1H3,(H,13,14,16). The zero-order valence-corrected chi connectivity index (χ0v) is 10.4. The van der Waals surface area contributed by atoms with Crippen LogP contribution in [0.4, 0.5) is 5.82 Å². The van der Waals surface area contributed by atoms with Crippen molar-refractivity contribution in [3.05, 3.63) is 23.9 Å². The average molecular weight is 250 g/mol. The van der Waals surface area contributed by atoms with Gasteiger partial charge in [0.25, 0.3) is 0 Å². The molecule has 5 heteroatoms. The van der Waals surface area contributed by atoms with Gasteiger partial charge in [0.05, 0.1) is 12.4 Å². The van der Waals surface area contributed by atoms with Gasteiger partial charge in [-0.3, -0.25) is 4.79 Å². The summed E-state index contributed by atoms with van der Waals surface area (Å²) < 4.78 is 0. The summed E-state index contributed by atoms with van der Waals surface area (Å²) in [4.78, 5) is 15.5. The first-order valence-electron chi connectivity index (χ1n) is 5.12. The van der Waals surface area contributed by atoms with E-state index in [4.69, 9.17) is 5.11 Å². The Morgan fingerprint density at radius 2 is 2.41 bits per heavy atom. The number of pyridine rings is 1. The Kier molecular flexibility index (Phi) is 6.15. The largest absolute Gasteiger partial charge is 0.395 e. The molecule has 0 aromatic carbocycles. The van der Waals surface area contributed by atoms with Crippen LogP contribution in [0.25, 0.3) is 0 Å². The van der Waals surface area contributed by atoms with Gasteiger partial charge in [-0.1, -0.05) is 12.0 Å². The number of aromatic nitrogens is 1. The topological polar surface area (TPSA) is 62.2 Å². The Labute approximate surface area is 105 Å². The van der Waals surface area contributed by atoms with Gasteiger partial charge in [-0.25, -0.2) is 4.98 Å². The fourth-order valence-electron chi connectivity index (χ4n) is 1.09. The van der Waals surface area contributed by atoms with E-state index in [1.54, 1.807) is 18.2 Å². The molecule has 0 bridgehead atoms. The number of nitrogens with one attached hydrogen (secondary N) is 1. The van der Waals surface area contributed by atoms with E-state index < -0.39 is 0 Å². The lowest BCUT2D eigenvalue weighted by molar-refractivity contribution is -0.113. The number of thioether (sulfide) groups is 1. The monoisotopic (exact) mass is 250 g/mol. The minimum absolute atomic E-state index is 0.0388. The molecule has 0 atom stereocenters.